The zero-order valence-electron chi connectivity index (χ0n) is 10.9. The minimum atomic E-state index is -0.536. The monoisotopic (exact) mass is 302 g/mol. The number of benzene rings is 1. The Hall–Kier alpha value is -2.47. The predicted octanol–water partition coefficient (Wildman–Crippen LogP) is 2.98. The van der Waals surface area contributed by atoms with Crippen molar-refractivity contribution in [2.75, 3.05) is 0 Å². The van der Waals surface area contributed by atoms with E-state index >= 15 is 0 Å². The van der Waals surface area contributed by atoms with E-state index in [0.717, 1.165) is 9.78 Å². The first-order chi connectivity index (χ1) is 10.1. The standard InChI is InChI=1S/C15H11FN2O2S/c16-12-6-2-1-4-10(12)9-18-14(19)13(17-15(18)20)8-11-5-3-7-21-11/h1-8H,9H2,(H,17,20)/b13-8+. The number of nitrogens with zero attached hydrogens (tertiary/aromatic N) is 1. The lowest BCUT2D eigenvalue weighted by molar-refractivity contribution is -0.123. The fourth-order valence-electron chi connectivity index (χ4n) is 2.03. The van der Waals surface area contributed by atoms with Crippen molar-refractivity contribution in [2.24, 2.45) is 0 Å². The van der Waals surface area contributed by atoms with E-state index in [1.807, 2.05) is 17.5 Å². The largest absolute Gasteiger partial charge is 0.329 e. The number of carbonyl (C=O) groups is 2. The molecule has 3 rings (SSSR count). The Morgan fingerprint density at radius 1 is 1.19 bits per heavy atom. The number of urea groups is 1. The summed E-state index contributed by atoms with van der Waals surface area (Å²) < 4.78 is 13.6. The summed E-state index contributed by atoms with van der Waals surface area (Å²) in [5.74, 6) is -0.884. The van der Waals surface area contributed by atoms with E-state index in [1.54, 1.807) is 24.3 Å². The van der Waals surface area contributed by atoms with Gasteiger partial charge in [-0.05, 0) is 23.6 Å². The molecule has 0 atom stereocenters. The first kappa shape index (κ1) is 13.5. The second-order valence-electron chi connectivity index (χ2n) is 4.49. The predicted molar refractivity (Wildman–Crippen MR) is 77.8 cm³/mol. The zero-order valence-corrected chi connectivity index (χ0v) is 11.7. The average Bonchev–Trinajstić information content (AvgIpc) is 3.05. The van der Waals surface area contributed by atoms with Crippen LogP contribution in [-0.4, -0.2) is 16.8 Å². The lowest BCUT2D eigenvalue weighted by Crippen LogP contribution is -2.30. The molecular formula is C15H11FN2O2S. The van der Waals surface area contributed by atoms with Crippen LogP contribution in [0.3, 0.4) is 0 Å². The van der Waals surface area contributed by atoms with E-state index in [0.29, 0.717) is 5.56 Å². The van der Waals surface area contributed by atoms with Crippen molar-refractivity contribution in [1.29, 1.82) is 0 Å². The van der Waals surface area contributed by atoms with Crippen LogP contribution in [0.15, 0.2) is 47.5 Å². The van der Waals surface area contributed by atoms with Gasteiger partial charge in [-0.1, -0.05) is 24.3 Å². The van der Waals surface area contributed by atoms with Crippen molar-refractivity contribution in [1.82, 2.24) is 10.2 Å². The van der Waals surface area contributed by atoms with Gasteiger partial charge in [-0.15, -0.1) is 11.3 Å². The second kappa shape index (κ2) is 5.49. The maximum absolute atomic E-state index is 13.6. The molecule has 0 unspecified atom stereocenters. The summed E-state index contributed by atoms with van der Waals surface area (Å²) >= 11 is 1.46. The van der Waals surface area contributed by atoms with E-state index in [-0.39, 0.29) is 12.2 Å². The minimum absolute atomic E-state index is 0.0842. The maximum atomic E-state index is 13.6. The van der Waals surface area contributed by atoms with Crippen LogP contribution < -0.4 is 5.32 Å². The Labute approximate surface area is 124 Å². The SMILES string of the molecule is O=C1N/C(=C/c2cccs2)C(=O)N1Cc1ccccc1F. The van der Waals surface area contributed by atoms with Gasteiger partial charge < -0.3 is 5.32 Å². The quantitative estimate of drug-likeness (QED) is 0.700. The van der Waals surface area contributed by atoms with Gasteiger partial charge in [-0.3, -0.25) is 9.69 Å². The molecule has 1 fully saturated rings. The third-order valence-electron chi connectivity index (χ3n) is 3.08. The number of thiophene rings is 1. The van der Waals surface area contributed by atoms with Crippen molar-refractivity contribution in [3.05, 3.63) is 63.7 Å². The van der Waals surface area contributed by atoms with E-state index in [1.165, 1.54) is 17.4 Å². The maximum Gasteiger partial charge on any atom is 0.329 e. The van der Waals surface area contributed by atoms with Crippen LogP contribution in [-0.2, 0) is 11.3 Å². The molecule has 0 saturated carbocycles. The van der Waals surface area contributed by atoms with Crippen LogP contribution >= 0.6 is 11.3 Å². The number of carbonyl (C=O) groups excluding carboxylic acids is 2. The summed E-state index contributed by atoms with van der Waals surface area (Å²) in [7, 11) is 0. The molecule has 106 valence electrons. The van der Waals surface area contributed by atoms with E-state index < -0.39 is 17.8 Å². The minimum Gasteiger partial charge on any atom is -0.303 e. The highest BCUT2D eigenvalue weighted by Crippen LogP contribution is 2.19. The molecule has 2 heterocycles. The highest BCUT2D eigenvalue weighted by Gasteiger charge is 2.33. The first-order valence-corrected chi connectivity index (χ1v) is 7.14. The Bertz CT molecular complexity index is 725. The third-order valence-corrected chi connectivity index (χ3v) is 3.90. The van der Waals surface area contributed by atoms with Crippen molar-refractivity contribution >= 4 is 29.4 Å². The molecule has 0 aliphatic carbocycles. The van der Waals surface area contributed by atoms with Crippen LogP contribution in [0.1, 0.15) is 10.4 Å². The average molecular weight is 302 g/mol. The molecule has 0 bridgehead atoms. The summed E-state index contributed by atoms with van der Waals surface area (Å²) in [6, 6.07) is 9.25. The third kappa shape index (κ3) is 2.71. The van der Waals surface area contributed by atoms with Crippen LogP contribution in [0.5, 0.6) is 0 Å². The molecule has 3 amide bonds. The molecule has 1 saturated heterocycles. The van der Waals surface area contributed by atoms with Gasteiger partial charge in [0, 0.05) is 10.4 Å². The Morgan fingerprint density at radius 3 is 2.71 bits per heavy atom. The molecule has 6 heteroatoms. The summed E-state index contributed by atoms with van der Waals surface area (Å²) in [5.41, 5.74) is 0.511. The van der Waals surface area contributed by atoms with Crippen molar-refractivity contribution in [3.8, 4) is 0 Å². The normalized spacial score (nSPS) is 16.6. The molecular weight excluding hydrogens is 291 g/mol. The number of amides is 3. The Balaban J connectivity index is 1.83. The van der Waals surface area contributed by atoms with Gasteiger partial charge in [0.25, 0.3) is 5.91 Å². The number of halogens is 1. The first-order valence-electron chi connectivity index (χ1n) is 6.26. The molecule has 4 nitrogen and oxygen atoms in total. The van der Waals surface area contributed by atoms with Crippen LogP contribution in [0.4, 0.5) is 9.18 Å². The summed E-state index contributed by atoms with van der Waals surface area (Å²) in [4.78, 5) is 26.0. The summed E-state index contributed by atoms with van der Waals surface area (Å²) in [6.07, 6.45) is 1.62. The topological polar surface area (TPSA) is 49.4 Å². The molecule has 2 aromatic rings. The molecule has 1 aliphatic rings. The lowest BCUT2D eigenvalue weighted by atomic mass is 10.2. The van der Waals surface area contributed by atoms with Gasteiger partial charge in [-0.25, -0.2) is 9.18 Å². The fraction of sp³-hybridized carbons (Fsp3) is 0.0667. The number of hydrogen-bond donors (Lipinski definition) is 1. The zero-order chi connectivity index (χ0) is 14.8. The molecule has 0 radical (unpaired) electrons. The van der Waals surface area contributed by atoms with E-state index in [4.69, 9.17) is 0 Å². The van der Waals surface area contributed by atoms with Gasteiger partial charge in [0.05, 0.1) is 6.54 Å². The van der Waals surface area contributed by atoms with Crippen molar-refractivity contribution < 1.29 is 14.0 Å². The van der Waals surface area contributed by atoms with Gasteiger partial charge in [0.2, 0.25) is 0 Å². The van der Waals surface area contributed by atoms with Crippen LogP contribution in [0.2, 0.25) is 0 Å². The lowest BCUT2D eigenvalue weighted by Gasteiger charge is -2.12. The number of imide groups is 1. The van der Waals surface area contributed by atoms with Crippen molar-refractivity contribution in [2.45, 2.75) is 6.54 Å². The highest BCUT2D eigenvalue weighted by atomic mass is 32.1. The van der Waals surface area contributed by atoms with Crippen molar-refractivity contribution in [3.63, 3.8) is 0 Å². The number of rotatable bonds is 3. The highest BCUT2D eigenvalue weighted by molar-refractivity contribution is 7.10. The van der Waals surface area contributed by atoms with Gasteiger partial charge in [-0.2, -0.15) is 0 Å². The molecule has 21 heavy (non-hydrogen) atoms. The van der Waals surface area contributed by atoms with Gasteiger partial charge in [0.1, 0.15) is 11.5 Å². The summed E-state index contributed by atoms with van der Waals surface area (Å²) in [5, 5.41) is 4.39. The number of nitrogens with one attached hydrogen (secondary N) is 1. The Kier molecular flexibility index (Phi) is 3.53. The van der Waals surface area contributed by atoms with Crippen LogP contribution in [0, 0.1) is 5.82 Å². The smallest absolute Gasteiger partial charge is 0.303 e. The van der Waals surface area contributed by atoms with E-state index in [9.17, 15) is 14.0 Å². The second-order valence-corrected chi connectivity index (χ2v) is 5.47. The fourth-order valence-corrected chi connectivity index (χ4v) is 2.69. The molecule has 1 aromatic heterocycles. The van der Waals surface area contributed by atoms with E-state index in [2.05, 4.69) is 5.32 Å². The molecule has 1 aliphatic heterocycles. The molecule has 1 N–H and O–H groups in total. The van der Waals surface area contributed by atoms with Crippen LogP contribution in [0.25, 0.3) is 6.08 Å². The summed E-state index contributed by atoms with van der Waals surface area (Å²) in [6.45, 7) is -0.0842. The van der Waals surface area contributed by atoms with Gasteiger partial charge >= 0.3 is 6.03 Å². The van der Waals surface area contributed by atoms with Gasteiger partial charge in [0.15, 0.2) is 0 Å². The number of hydrogen-bond acceptors (Lipinski definition) is 3. The molecule has 0 spiro atoms. The Morgan fingerprint density at radius 2 is 2.00 bits per heavy atom. The molecule has 1 aromatic carbocycles.